The Morgan fingerprint density at radius 1 is 1.17 bits per heavy atom. The van der Waals surface area contributed by atoms with Gasteiger partial charge in [0.1, 0.15) is 0 Å². The van der Waals surface area contributed by atoms with Gasteiger partial charge in [0, 0.05) is 35.7 Å². The second kappa shape index (κ2) is 9.62. The third kappa shape index (κ3) is 4.80. The van der Waals surface area contributed by atoms with Crippen molar-refractivity contribution in [3.63, 3.8) is 0 Å². The van der Waals surface area contributed by atoms with Crippen LogP contribution in [0.25, 0.3) is 22.3 Å². The minimum absolute atomic E-state index is 0.370. The summed E-state index contributed by atoms with van der Waals surface area (Å²) in [5, 5.41) is 23.2. The summed E-state index contributed by atoms with van der Waals surface area (Å²) in [5.74, 6) is -0.000365. The molecule has 3 N–H and O–H groups in total. The minimum Gasteiger partial charge on any atom is -0.378 e. The smallest absolute Gasteiger partial charge is 0.247 e. The van der Waals surface area contributed by atoms with Crippen molar-refractivity contribution in [2.45, 2.75) is 0 Å². The maximum absolute atomic E-state index is 11.8. The molecule has 174 valence electrons. The number of aromatic nitrogens is 4. The van der Waals surface area contributed by atoms with E-state index in [1.165, 1.54) is 6.08 Å². The Labute approximate surface area is 201 Å². The lowest BCUT2D eigenvalue weighted by atomic mass is 10.0. The second-order valence-corrected chi connectivity index (χ2v) is 7.91. The Morgan fingerprint density at radius 2 is 2.03 bits per heavy atom. The number of rotatable bonds is 6. The molecule has 4 aromatic rings. The molecule has 0 bridgehead atoms. The number of H-pyrrole nitrogens is 1. The van der Waals surface area contributed by atoms with Gasteiger partial charge in [-0.25, -0.2) is 4.98 Å². The van der Waals surface area contributed by atoms with Crippen LogP contribution in [-0.2, 0) is 9.53 Å². The highest BCUT2D eigenvalue weighted by atomic mass is 16.5. The Bertz CT molecular complexity index is 1450. The summed E-state index contributed by atoms with van der Waals surface area (Å²) in [4.78, 5) is 23.4. The van der Waals surface area contributed by atoms with Crippen molar-refractivity contribution in [1.29, 1.82) is 5.26 Å². The first-order chi connectivity index (χ1) is 17.1. The van der Waals surface area contributed by atoms with E-state index in [-0.39, 0.29) is 5.91 Å². The van der Waals surface area contributed by atoms with E-state index in [1.807, 2.05) is 18.2 Å². The number of hydrogen-bond acceptors (Lipinski definition) is 8. The van der Waals surface area contributed by atoms with Crippen LogP contribution in [0.5, 0.6) is 0 Å². The summed E-state index contributed by atoms with van der Waals surface area (Å²) >= 11 is 0. The number of carbonyl (C=O) groups excluding carboxylic acids is 1. The highest BCUT2D eigenvalue weighted by Crippen LogP contribution is 2.30. The molecule has 1 amide bonds. The number of nitriles is 1. The Balaban J connectivity index is 1.52. The molecule has 35 heavy (non-hydrogen) atoms. The van der Waals surface area contributed by atoms with Crippen molar-refractivity contribution in [2.75, 3.05) is 41.8 Å². The van der Waals surface area contributed by atoms with Gasteiger partial charge in [0.05, 0.1) is 42.1 Å². The zero-order valence-electron chi connectivity index (χ0n) is 18.8. The van der Waals surface area contributed by atoms with Crippen LogP contribution in [-0.4, -0.2) is 52.4 Å². The van der Waals surface area contributed by atoms with Crippen LogP contribution in [0.2, 0.25) is 0 Å². The second-order valence-electron chi connectivity index (χ2n) is 7.91. The number of hydrogen-bond donors (Lipinski definition) is 3. The van der Waals surface area contributed by atoms with Gasteiger partial charge in [0.25, 0.3) is 0 Å². The molecular weight excluding hydrogens is 444 g/mol. The zero-order chi connectivity index (χ0) is 24.2. The van der Waals surface area contributed by atoms with Crippen molar-refractivity contribution < 1.29 is 9.53 Å². The molecule has 0 atom stereocenters. The summed E-state index contributed by atoms with van der Waals surface area (Å²) in [7, 11) is 0. The Morgan fingerprint density at radius 3 is 2.83 bits per heavy atom. The van der Waals surface area contributed by atoms with E-state index < -0.39 is 0 Å². The third-order valence-corrected chi connectivity index (χ3v) is 5.58. The fraction of sp³-hybridized carbons (Fsp3) is 0.160. The Hall–Kier alpha value is -4.75. The first-order valence-electron chi connectivity index (χ1n) is 11.0. The molecule has 1 aliphatic rings. The maximum atomic E-state index is 11.8. The van der Waals surface area contributed by atoms with E-state index >= 15 is 0 Å². The van der Waals surface area contributed by atoms with Gasteiger partial charge in [-0.3, -0.25) is 9.89 Å². The van der Waals surface area contributed by atoms with Crippen LogP contribution in [0.3, 0.4) is 0 Å². The number of anilines is 4. The molecule has 1 aliphatic heterocycles. The number of nitrogens with one attached hydrogen (secondary N) is 3. The number of morpholine rings is 1. The number of carbonyl (C=O) groups is 1. The molecule has 1 saturated heterocycles. The van der Waals surface area contributed by atoms with Gasteiger partial charge in [0.15, 0.2) is 5.65 Å². The van der Waals surface area contributed by atoms with Crippen molar-refractivity contribution >= 4 is 40.0 Å². The SMILES string of the molecule is C=CC(=O)Nc1cc(C#N)cc(-c2nc(Nc3cccc(N4CCOCC4)c3)nc3[nH]ncc23)c1. The van der Waals surface area contributed by atoms with Crippen molar-refractivity contribution in [3.05, 3.63) is 66.9 Å². The average molecular weight is 467 g/mol. The van der Waals surface area contributed by atoms with Gasteiger partial charge in [-0.2, -0.15) is 15.3 Å². The predicted molar refractivity (Wildman–Crippen MR) is 133 cm³/mol. The molecule has 0 radical (unpaired) electrons. The lowest BCUT2D eigenvalue weighted by molar-refractivity contribution is -0.111. The minimum atomic E-state index is -0.371. The molecule has 10 heteroatoms. The summed E-state index contributed by atoms with van der Waals surface area (Å²) in [6.07, 6.45) is 2.80. The molecule has 0 spiro atoms. The van der Waals surface area contributed by atoms with Crippen molar-refractivity contribution in [2.24, 2.45) is 0 Å². The van der Waals surface area contributed by atoms with Gasteiger partial charge in [-0.1, -0.05) is 12.6 Å². The average Bonchev–Trinajstić information content (AvgIpc) is 3.37. The van der Waals surface area contributed by atoms with Crippen LogP contribution >= 0.6 is 0 Å². The highest BCUT2D eigenvalue weighted by Gasteiger charge is 2.15. The summed E-state index contributed by atoms with van der Waals surface area (Å²) < 4.78 is 5.45. The molecule has 10 nitrogen and oxygen atoms in total. The molecule has 1 fully saturated rings. The quantitative estimate of drug-likeness (QED) is 0.367. The predicted octanol–water partition coefficient (Wildman–Crippen LogP) is 3.60. The lowest BCUT2D eigenvalue weighted by Gasteiger charge is -2.29. The van der Waals surface area contributed by atoms with Gasteiger partial charge < -0.3 is 20.3 Å². The fourth-order valence-corrected chi connectivity index (χ4v) is 3.94. The molecule has 0 aliphatic carbocycles. The summed E-state index contributed by atoms with van der Waals surface area (Å²) in [5.41, 5.74) is 4.52. The topological polar surface area (TPSA) is 132 Å². The number of ether oxygens (including phenoxy) is 1. The van der Waals surface area contributed by atoms with Gasteiger partial charge in [-0.15, -0.1) is 0 Å². The first kappa shape index (κ1) is 22.1. The zero-order valence-corrected chi connectivity index (χ0v) is 18.8. The van der Waals surface area contributed by atoms with Gasteiger partial charge in [0.2, 0.25) is 11.9 Å². The molecule has 0 saturated carbocycles. The molecule has 5 rings (SSSR count). The number of aromatic amines is 1. The fourth-order valence-electron chi connectivity index (χ4n) is 3.94. The monoisotopic (exact) mass is 466 g/mol. The van der Waals surface area contributed by atoms with Crippen LogP contribution in [0, 0.1) is 11.3 Å². The summed E-state index contributed by atoms with van der Waals surface area (Å²) in [6.45, 7) is 6.56. The van der Waals surface area contributed by atoms with E-state index in [9.17, 15) is 10.1 Å². The molecule has 2 aromatic carbocycles. The van der Waals surface area contributed by atoms with Crippen LogP contribution in [0.15, 0.2) is 61.3 Å². The molecule has 2 aromatic heterocycles. The van der Waals surface area contributed by atoms with Crippen molar-refractivity contribution in [1.82, 2.24) is 20.2 Å². The Kier molecular flexibility index (Phi) is 6.07. The van der Waals surface area contributed by atoms with Gasteiger partial charge >= 0.3 is 0 Å². The van der Waals surface area contributed by atoms with E-state index in [1.54, 1.807) is 24.4 Å². The number of amides is 1. The highest BCUT2D eigenvalue weighted by molar-refractivity contribution is 6.00. The standard InChI is InChI=1S/C25H22N8O2/c1-2-22(34)28-19-11-16(14-26)10-17(12-19)23-21-15-27-32-24(21)31-25(30-23)29-18-4-3-5-20(13-18)33-6-8-35-9-7-33/h2-5,10-13,15H,1,6-9H2,(H,28,34)(H2,27,29,30,31,32). The normalized spacial score (nSPS) is 13.3. The number of nitrogens with zero attached hydrogens (tertiary/aromatic N) is 5. The van der Waals surface area contributed by atoms with Crippen LogP contribution in [0.4, 0.5) is 23.0 Å². The van der Waals surface area contributed by atoms with E-state index in [2.05, 4.69) is 49.4 Å². The molecule has 0 unspecified atom stereocenters. The van der Waals surface area contributed by atoms with Crippen LogP contribution < -0.4 is 15.5 Å². The number of fused-ring (bicyclic) bond motifs is 1. The molecular formula is C25H22N8O2. The first-order valence-corrected chi connectivity index (χ1v) is 11.0. The van der Waals surface area contributed by atoms with E-state index in [4.69, 9.17) is 9.72 Å². The van der Waals surface area contributed by atoms with E-state index in [0.29, 0.717) is 52.7 Å². The van der Waals surface area contributed by atoms with Gasteiger partial charge in [-0.05, 0) is 42.5 Å². The van der Waals surface area contributed by atoms with E-state index in [0.717, 1.165) is 24.5 Å². The summed E-state index contributed by atoms with van der Waals surface area (Å²) in [6, 6.07) is 15.2. The van der Waals surface area contributed by atoms with Crippen molar-refractivity contribution in [3.8, 4) is 17.3 Å². The lowest BCUT2D eigenvalue weighted by Crippen LogP contribution is -2.36. The maximum Gasteiger partial charge on any atom is 0.247 e. The third-order valence-electron chi connectivity index (χ3n) is 5.58. The number of benzene rings is 2. The largest absolute Gasteiger partial charge is 0.378 e. The molecule has 3 heterocycles. The van der Waals surface area contributed by atoms with Crippen LogP contribution in [0.1, 0.15) is 5.56 Å².